The van der Waals surface area contributed by atoms with Crippen LogP contribution in [0.2, 0.25) is 0 Å². The summed E-state index contributed by atoms with van der Waals surface area (Å²) < 4.78 is 23.9. The fourth-order valence-corrected chi connectivity index (χ4v) is 3.76. The molecule has 0 saturated carbocycles. The largest absolute Gasteiger partial charge is 0.482 e. The van der Waals surface area contributed by atoms with Gasteiger partial charge in [-0.3, -0.25) is 9.69 Å². The van der Waals surface area contributed by atoms with E-state index in [1.807, 2.05) is 0 Å². The molecule has 8 heteroatoms. The summed E-state index contributed by atoms with van der Waals surface area (Å²) in [6.07, 6.45) is 1.70. The number of thioether (sulfide) groups is 1. The maximum atomic E-state index is 13.5. The smallest absolute Gasteiger partial charge is 0.344 e. The maximum absolute atomic E-state index is 13.5. The Morgan fingerprint density at radius 3 is 2.68 bits per heavy atom. The second kappa shape index (κ2) is 8.99. The standard InChI is InChI=1S/C20H16FNO4S2/c1-2-25-18(23)12-26-16-8-6-13(7-9-16)10-17-19(24)22(20(27)28-17)15-5-3-4-14(21)11-15/h3-11H,2,12H2,1H3/b17-10+. The van der Waals surface area contributed by atoms with Crippen molar-refractivity contribution in [3.63, 3.8) is 0 Å². The van der Waals surface area contributed by atoms with Crippen LogP contribution in [-0.4, -0.2) is 29.4 Å². The highest BCUT2D eigenvalue weighted by Gasteiger charge is 2.33. The summed E-state index contributed by atoms with van der Waals surface area (Å²) in [5.74, 6) is -0.665. The van der Waals surface area contributed by atoms with E-state index in [1.165, 1.54) is 23.1 Å². The van der Waals surface area contributed by atoms with Gasteiger partial charge in [-0.2, -0.15) is 0 Å². The van der Waals surface area contributed by atoms with Gasteiger partial charge in [0.2, 0.25) is 0 Å². The molecule has 0 radical (unpaired) electrons. The molecule has 1 aliphatic rings. The molecule has 5 nitrogen and oxygen atoms in total. The van der Waals surface area contributed by atoms with Crippen LogP contribution in [0.5, 0.6) is 5.75 Å². The van der Waals surface area contributed by atoms with Crippen molar-refractivity contribution >= 4 is 51.9 Å². The molecule has 1 aliphatic heterocycles. The highest BCUT2D eigenvalue weighted by Crippen LogP contribution is 2.36. The fraction of sp³-hybridized carbons (Fsp3) is 0.150. The minimum absolute atomic E-state index is 0.167. The fourth-order valence-electron chi connectivity index (χ4n) is 2.46. The molecule has 0 bridgehead atoms. The number of hydrogen-bond donors (Lipinski definition) is 0. The lowest BCUT2D eigenvalue weighted by atomic mass is 10.2. The number of rotatable bonds is 6. The predicted molar refractivity (Wildman–Crippen MR) is 111 cm³/mol. The number of nitrogens with zero attached hydrogens (tertiary/aromatic N) is 1. The predicted octanol–water partition coefficient (Wildman–Crippen LogP) is 4.17. The monoisotopic (exact) mass is 417 g/mol. The van der Waals surface area contributed by atoms with Gasteiger partial charge in [0.1, 0.15) is 11.6 Å². The average Bonchev–Trinajstić information content (AvgIpc) is 2.94. The quantitative estimate of drug-likeness (QED) is 0.399. The van der Waals surface area contributed by atoms with Gasteiger partial charge in [-0.05, 0) is 48.9 Å². The molecule has 2 aromatic carbocycles. The molecule has 1 heterocycles. The van der Waals surface area contributed by atoms with Gasteiger partial charge in [0.25, 0.3) is 5.91 Å². The number of esters is 1. The number of halogens is 1. The van der Waals surface area contributed by atoms with E-state index in [0.29, 0.717) is 27.3 Å². The lowest BCUT2D eigenvalue weighted by molar-refractivity contribution is -0.145. The molecule has 0 N–H and O–H groups in total. The molecular weight excluding hydrogens is 401 g/mol. The van der Waals surface area contributed by atoms with Crippen LogP contribution in [0, 0.1) is 5.82 Å². The first-order chi connectivity index (χ1) is 13.5. The Morgan fingerprint density at radius 2 is 2.00 bits per heavy atom. The molecule has 0 spiro atoms. The van der Waals surface area contributed by atoms with Crippen molar-refractivity contribution in [1.82, 2.24) is 0 Å². The van der Waals surface area contributed by atoms with E-state index in [0.717, 1.165) is 17.3 Å². The van der Waals surface area contributed by atoms with E-state index < -0.39 is 11.8 Å². The van der Waals surface area contributed by atoms with Crippen molar-refractivity contribution in [2.75, 3.05) is 18.1 Å². The van der Waals surface area contributed by atoms with Crippen LogP contribution in [0.3, 0.4) is 0 Å². The second-order valence-corrected chi connectivity index (χ2v) is 7.34. The van der Waals surface area contributed by atoms with Crippen LogP contribution in [0.15, 0.2) is 53.4 Å². The molecular formula is C20H16FNO4S2. The van der Waals surface area contributed by atoms with Crippen LogP contribution in [0.4, 0.5) is 10.1 Å². The van der Waals surface area contributed by atoms with Crippen LogP contribution in [0.1, 0.15) is 12.5 Å². The van der Waals surface area contributed by atoms with E-state index in [1.54, 1.807) is 43.3 Å². The Hall–Kier alpha value is -2.71. The molecule has 0 aromatic heterocycles. The van der Waals surface area contributed by atoms with E-state index >= 15 is 0 Å². The van der Waals surface area contributed by atoms with Crippen molar-refractivity contribution in [3.8, 4) is 5.75 Å². The van der Waals surface area contributed by atoms with Crippen molar-refractivity contribution in [3.05, 3.63) is 64.8 Å². The van der Waals surface area contributed by atoms with Crippen molar-refractivity contribution in [2.45, 2.75) is 6.92 Å². The average molecular weight is 417 g/mol. The van der Waals surface area contributed by atoms with Crippen LogP contribution in [-0.2, 0) is 14.3 Å². The van der Waals surface area contributed by atoms with Gasteiger partial charge in [-0.15, -0.1) is 0 Å². The van der Waals surface area contributed by atoms with Crippen LogP contribution >= 0.6 is 24.0 Å². The minimum Gasteiger partial charge on any atom is -0.482 e. The number of benzene rings is 2. The summed E-state index contributed by atoms with van der Waals surface area (Å²) in [5.41, 5.74) is 1.16. The van der Waals surface area contributed by atoms with Gasteiger partial charge < -0.3 is 9.47 Å². The third-order valence-corrected chi connectivity index (χ3v) is 5.00. The van der Waals surface area contributed by atoms with Crippen molar-refractivity contribution in [1.29, 1.82) is 0 Å². The third kappa shape index (κ3) is 4.76. The number of carbonyl (C=O) groups is 2. The van der Waals surface area contributed by atoms with E-state index in [4.69, 9.17) is 21.7 Å². The number of thiocarbonyl (C=S) groups is 1. The molecule has 144 valence electrons. The van der Waals surface area contributed by atoms with Crippen LogP contribution < -0.4 is 9.64 Å². The van der Waals surface area contributed by atoms with Gasteiger partial charge in [-0.25, -0.2) is 9.18 Å². The normalized spacial score (nSPS) is 15.2. The highest BCUT2D eigenvalue weighted by atomic mass is 32.2. The summed E-state index contributed by atoms with van der Waals surface area (Å²) in [5, 5.41) is 0. The number of anilines is 1. The second-order valence-electron chi connectivity index (χ2n) is 5.66. The third-order valence-electron chi connectivity index (χ3n) is 3.70. The van der Waals surface area contributed by atoms with Crippen LogP contribution in [0.25, 0.3) is 6.08 Å². The maximum Gasteiger partial charge on any atom is 0.344 e. The molecule has 3 rings (SSSR count). The summed E-state index contributed by atoms with van der Waals surface area (Å²) in [7, 11) is 0. The Balaban J connectivity index is 1.71. The lowest BCUT2D eigenvalue weighted by Gasteiger charge is -2.14. The summed E-state index contributed by atoms with van der Waals surface area (Å²) in [6, 6.07) is 12.6. The first kappa shape index (κ1) is 20.0. The summed E-state index contributed by atoms with van der Waals surface area (Å²) in [4.78, 5) is 25.8. The molecule has 1 fully saturated rings. The topological polar surface area (TPSA) is 55.8 Å². The Morgan fingerprint density at radius 1 is 1.25 bits per heavy atom. The number of carbonyl (C=O) groups excluding carboxylic acids is 2. The number of amides is 1. The lowest BCUT2D eigenvalue weighted by Crippen LogP contribution is -2.27. The minimum atomic E-state index is -0.437. The first-order valence-corrected chi connectivity index (χ1v) is 9.62. The van der Waals surface area contributed by atoms with Crippen molar-refractivity contribution in [2.24, 2.45) is 0 Å². The number of ether oxygens (including phenoxy) is 2. The summed E-state index contributed by atoms with van der Waals surface area (Å²) in [6.45, 7) is 1.86. The van der Waals surface area contributed by atoms with Gasteiger partial charge in [0.05, 0.1) is 17.2 Å². The zero-order valence-corrected chi connectivity index (χ0v) is 16.5. The zero-order valence-electron chi connectivity index (χ0n) is 14.9. The van der Waals surface area contributed by atoms with E-state index in [-0.39, 0.29) is 12.5 Å². The Labute approximate surface area is 171 Å². The molecule has 2 aromatic rings. The van der Waals surface area contributed by atoms with Gasteiger partial charge >= 0.3 is 5.97 Å². The van der Waals surface area contributed by atoms with E-state index in [9.17, 15) is 14.0 Å². The number of hydrogen-bond acceptors (Lipinski definition) is 6. The Kier molecular flexibility index (Phi) is 6.43. The molecule has 0 aliphatic carbocycles. The van der Waals surface area contributed by atoms with Gasteiger partial charge in [-0.1, -0.05) is 42.2 Å². The Bertz CT molecular complexity index is 943. The molecule has 28 heavy (non-hydrogen) atoms. The molecule has 1 saturated heterocycles. The van der Waals surface area contributed by atoms with Gasteiger partial charge in [0, 0.05) is 0 Å². The van der Waals surface area contributed by atoms with E-state index in [2.05, 4.69) is 0 Å². The van der Waals surface area contributed by atoms with Crippen molar-refractivity contribution < 1.29 is 23.5 Å². The summed E-state index contributed by atoms with van der Waals surface area (Å²) >= 11 is 6.43. The highest BCUT2D eigenvalue weighted by molar-refractivity contribution is 8.27. The molecule has 1 amide bonds. The first-order valence-electron chi connectivity index (χ1n) is 8.40. The SMILES string of the molecule is CCOC(=O)COc1ccc(/C=C2/SC(=S)N(c3cccc(F)c3)C2=O)cc1. The molecule has 0 atom stereocenters. The van der Waals surface area contributed by atoms with Gasteiger partial charge in [0.15, 0.2) is 10.9 Å². The zero-order chi connectivity index (χ0) is 20.1. The molecule has 0 unspecified atom stereocenters.